The third-order valence-corrected chi connectivity index (χ3v) is 2.73. The van der Waals surface area contributed by atoms with Crippen LogP contribution in [-0.4, -0.2) is 11.7 Å². The Morgan fingerprint density at radius 2 is 2.05 bits per heavy atom. The summed E-state index contributed by atoms with van der Waals surface area (Å²) in [6.07, 6.45) is 1.06. The normalized spacial score (nSPS) is 11.2. The molecular formula is C15H16ClNO3. The van der Waals surface area contributed by atoms with E-state index in [-0.39, 0.29) is 0 Å². The number of carbonyl (C=O) groups is 1. The molecular weight excluding hydrogens is 278 g/mol. The Labute approximate surface area is 122 Å². The van der Waals surface area contributed by atoms with Crippen LogP contribution in [0.5, 0.6) is 0 Å². The molecule has 0 atom stereocenters. The van der Waals surface area contributed by atoms with Crippen molar-refractivity contribution in [2.45, 2.75) is 26.4 Å². The van der Waals surface area contributed by atoms with Gasteiger partial charge >= 0.3 is 6.09 Å². The molecule has 2 rings (SSSR count). The zero-order valence-corrected chi connectivity index (χ0v) is 12.3. The summed E-state index contributed by atoms with van der Waals surface area (Å²) in [7, 11) is 0. The highest BCUT2D eigenvalue weighted by atomic mass is 35.5. The van der Waals surface area contributed by atoms with Crippen LogP contribution in [0.15, 0.2) is 41.0 Å². The molecule has 20 heavy (non-hydrogen) atoms. The SMILES string of the molecule is CC(C)(C)OC(=O)Nc1ccc(Cl)c(-c2ccco2)c1. The molecule has 1 aromatic carbocycles. The van der Waals surface area contributed by atoms with E-state index in [9.17, 15) is 4.79 Å². The minimum atomic E-state index is -0.541. The zero-order valence-electron chi connectivity index (χ0n) is 11.6. The van der Waals surface area contributed by atoms with E-state index in [1.54, 1.807) is 36.6 Å². The van der Waals surface area contributed by atoms with Gasteiger partial charge in [0.1, 0.15) is 11.4 Å². The van der Waals surface area contributed by atoms with Crippen LogP contribution in [0, 0.1) is 0 Å². The maximum absolute atomic E-state index is 11.7. The molecule has 1 heterocycles. The van der Waals surface area contributed by atoms with Crippen LogP contribution >= 0.6 is 11.6 Å². The standard InChI is InChI=1S/C15H16ClNO3/c1-15(2,3)20-14(18)17-10-6-7-12(16)11(9-10)13-5-4-8-19-13/h4-9H,1-3H3,(H,17,18). The van der Waals surface area contributed by atoms with Gasteiger partial charge in [-0.25, -0.2) is 4.79 Å². The van der Waals surface area contributed by atoms with E-state index in [4.69, 9.17) is 20.8 Å². The lowest BCUT2D eigenvalue weighted by atomic mass is 10.1. The van der Waals surface area contributed by atoms with E-state index in [1.165, 1.54) is 0 Å². The number of anilines is 1. The summed E-state index contributed by atoms with van der Waals surface area (Å²) in [6.45, 7) is 5.42. The number of furan rings is 1. The lowest BCUT2D eigenvalue weighted by Gasteiger charge is -2.19. The molecule has 0 saturated carbocycles. The fourth-order valence-electron chi connectivity index (χ4n) is 1.65. The Morgan fingerprint density at radius 3 is 2.65 bits per heavy atom. The molecule has 2 aromatic rings. The highest BCUT2D eigenvalue weighted by Crippen LogP contribution is 2.31. The average Bonchev–Trinajstić information content (AvgIpc) is 2.82. The summed E-state index contributed by atoms with van der Waals surface area (Å²) in [4.78, 5) is 11.7. The van der Waals surface area contributed by atoms with Gasteiger partial charge in [-0.15, -0.1) is 0 Å². The Balaban J connectivity index is 2.18. The summed E-state index contributed by atoms with van der Waals surface area (Å²) in [5.41, 5.74) is 0.764. The van der Waals surface area contributed by atoms with E-state index < -0.39 is 11.7 Å². The fraction of sp³-hybridized carbons (Fsp3) is 0.267. The first-order valence-electron chi connectivity index (χ1n) is 6.18. The van der Waals surface area contributed by atoms with Gasteiger partial charge in [0, 0.05) is 11.3 Å². The van der Waals surface area contributed by atoms with Crippen molar-refractivity contribution in [1.29, 1.82) is 0 Å². The van der Waals surface area contributed by atoms with Gasteiger partial charge in [-0.1, -0.05) is 11.6 Å². The Hall–Kier alpha value is -1.94. The summed E-state index contributed by atoms with van der Waals surface area (Å²) < 4.78 is 10.5. The molecule has 0 aliphatic carbocycles. The Kier molecular flexibility index (Phi) is 4.04. The van der Waals surface area contributed by atoms with Crippen molar-refractivity contribution >= 4 is 23.4 Å². The first-order valence-corrected chi connectivity index (χ1v) is 6.56. The molecule has 0 unspecified atom stereocenters. The van der Waals surface area contributed by atoms with Crippen molar-refractivity contribution in [3.63, 3.8) is 0 Å². The van der Waals surface area contributed by atoms with Crippen LogP contribution in [0.1, 0.15) is 20.8 Å². The molecule has 5 heteroatoms. The van der Waals surface area contributed by atoms with Gasteiger partial charge in [0.05, 0.1) is 11.3 Å². The number of halogens is 1. The number of carbonyl (C=O) groups excluding carboxylic acids is 1. The van der Waals surface area contributed by atoms with Crippen LogP contribution in [0.4, 0.5) is 10.5 Å². The molecule has 4 nitrogen and oxygen atoms in total. The van der Waals surface area contributed by atoms with Gasteiger partial charge in [0.15, 0.2) is 0 Å². The smallest absolute Gasteiger partial charge is 0.412 e. The predicted molar refractivity (Wildman–Crippen MR) is 79.0 cm³/mol. The molecule has 0 saturated heterocycles. The number of benzene rings is 1. The van der Waals surface area contributed by atoms with E-state index in [0.29, 0.717) is 22.0 Å². The van der Waals surface area contributed by atoms with Gasteiger partial charge in [-0.3, -0.25) is 5.32 Å². The largest absolute Gasteiger partial charge is 0.464 e. The van der Waals surface area contributed by atoms with Crippen molar-refractivity contribution in [3.05, 3.63) is 41.6 Å². The molecule has 0 spiro atoms. The highest BCUT2D eigenvalue weighted by Gasteiger charge is 2.16. The van der Waals surface area contributed by atoms with Crippen molar-refractivity contribution in [1.82, 2.24) is 0 Å². The van der Waals surface area contributed by atoms with Gasteiger partial charge in [-0.2, -0.15) is 0 Å². The van der Waals surface area contributed by atoms with Crippen LogP contribution < -0.4 is 5.32 Å². The lowest BCUT2D eigenvalue weighted by molar-refractivity contribution is 0.0636. The molecule has 0 aliphatic heterocycles. The summed E-state index contributed by atoms with van der Waals surface area (Å²) in [5.74, 6) is 0.642. The number of nitrogens with one attached hydrogen (secondary N) is 1. The number of hydrogen-bond acceptors (Lipinski definition) is 3. The molecule has 1 aromatic heterocycles. The Bertz CT molecular complexity index is 600. The monoisotopic (exact) mass is 293 g/mol. The topological polar surface area (TPSA) is 51.5 Å². The summed E-state index contributed by atoms with van der Waals surface area (Å²) in [6, 6.07) is 8.73. The minimum absolute atomic E-state index is 0.509. The number of hydrogen-bond donors (Lipinski definition) is 1. The third kappa shape index (κ3) is 3.78. The van der Waals surface area contributed by atoms with Crippen molar-refractivity contribution in [2.24, 2.45) is 0 Å². The minimum Gasteiger partial charge on any atom is -0.464 e. The Morgan fingerprint density at radius 1 is 1.30 bits per heavy atom. The molecule has 106 valence electrons. The first kappa shape index (κ1) is 14.5. The molecule has 1 amide bonds. The third-order valence-electron chi connectivity index (χ3n) is 2.40. The van der Waals surface area contributed by atoms with Crippen molar-refractivity contribution in [2.75, 3.05) is 5.32 Å². The summed E-state index contributed by atoms with van der Waals surface area (Å²) >= 11 is 6.13. The van der Waals surface area contributed by atoms with Crippen LogP contribution in [0.25, 0.3) is 11.3 Å². The second-order valence-electron chi connectivity index (χ2n) is 5.30. The van der Waals surface area contributed by atoms with Crippen molar-refractivity contribution in [3.8, 4) is 11.3 Å². The van der Waals surface area contributed by atoms with Gasteiger partial charge in [0.25, 0.3) is 0 Å². The molecule has 0 fully saturated rings. The van der Waals surface area contributed by atoms with E-state index in [0.717, 1.165) is 0 Å². The summed E-state index contributed by atoms with van der Waals surface area (Å²) in [5, 5.41) is 3.22. The van der Waals surface area contributed by atoms with E-state index >= 15 is 0 Å². The van der Waals surface area contributed by atoms with Gasteiger partial charge < -0.3 is 9.15 Å². The number of rotatable bonds is 2. The second kappa shape index (κ2) is 5.59. The molecule has 0 bridgehead atoms. The first-order chi connectivity index (χ1) is 9.35. The van der Waals surface area contributed by atoms with Crippen LogP contribution in [-0.2, 0) is 4.74 Å². The average molecular weight is 294 g/mol. The van der Waals surface area contributed by atoms with Gasteiger partial charge in [-0.05, 0) is 51.1 Å². The predicted octanol–water partition coefficient (Wildman–Crippen LogP) is 4.95. The van der Waals surface area contributed by atoms with E-state index in [1.807, 2.05) is 20.8 Å². The van der Waals surface area contributed by atoms with Crippen LogP contribution in [0.2, 0.25) is 5.02 Å². The molecule has 1 N–H and O–H groups in total. The molecule has 0 radical (unpaired) electrons. The van der Waals surface area contributed by atoms with Crippen LogP contribution in [0.3, 0.4) is 0 Å². The van der Waals surface area contributed by atoms with E-state index in [2.05, 4.69) is 5.32 Å². The fourth-order valence-corrected chi connectivity index (χ4v) is 1.86. The van der Waals surface area contributed by atoms with Gasteiger partial charge in [0.2, 0.25) is 0 Å². The number of ether oxygens (including phenoxy) is 1. The maximum atomic E-state index is 11.7. The quantitative estimate of drug-likeness (QED) is 0.852. The zero-order chi connectivity index (χ0) is 14.8. The van der Waals surface area contributed by atoms with Crippen molar-refractivity contribution < 1.29 is 13.9 Å². The lowest BCUT2D eigenvalue weighted by Crippen LogP contribution is -2.27. The highest BCUT2D eigenvalue weighted by molar-refractivity contribution is 6.33. The number of amides is 1. The molecule has 0 aliphatic rings. The maximum Gasteiger partial charge on any atom is 0.412 e. The second-order valence-corrected chi connectivity index (χ2v) is 5.71.